The predicted molar refractivity (Wildman–Crippen MR) is 133 cm³/mol. The quantitative estimate of drug-likeness (QED) is 0.450. The molecule has 2 fully saturated rings. The summed E-state index contributed by atoms with van der Waals surface area (Å²) < 4.78 is 7.74. The Balaban J connectivity index is 1.79. The molecule has 4 rings (SSSR count). The first-order valence-corrected chi connectivity index (χ1v) is 12.3. The van der Waals surface area contributed by atoms with Gasteiger partial charge in [-0.25, -0.2) is 4.98 Å². The van der Waals surface area contributed by atoms with Crippen LogP contribution in [0.15, 0.2) is 28.0 Å². The Bertz CT molecular complexity index is 1140. The molecule has 0 spiro atoms. The molecule has 32 heavy (non-hydrogen) atoms. The first kappa shape index (κ1) is 22.9. The van der Waals surface area contributed by atoms with Crippen LogP contribution >= 0.6 is 24.0 Å². The molecule has 0 radical (unpaired) electrons. The standard InChI is InChI=1S/C23H28N4O3S2/c1-4-10-25(5-2)20-17(21(28)26-11-6-8-15(3)19(26)24-20)13-18-22(29)27(23(31)32-18)14-16-9-7-12-30-16/h6,8,11,13,16H,4-5,7,9-10,12,14H2,1-3H3/b18-13-/t16-/m0/s1. The molecule has 0 aliphatic carbocycles. The number of hydrogen-bond acceptors (Lipinski definition) is 7. The number of pyridine rings is 1. The van der Waals surface area contributed by atoms with E-state index in [2.05, 4.69) is 11.8 Å². The summed E-state index contributed by atoms with van der Waals surface area (Å²) in [7, 11) is 0. The molecule has 2 saturated heterocycles. The summed E-state index contributed by atoms with van der Waals surface area (Å²) in [5.74, 6) is 0.437. The van der Waals surface area contributed by atoms with E-state index in [9.17, 15) is 9.59 Å². The van der Waals surface area contributed by atoms with Gasteiger partial charge >= 0.3 is 0 Å². The smallest absolute Gasteiger partial charge is 0.267 e. The number of thiocarbonyl (C=S) groups is 1. The zero-order chi connectivity index (χ0) is 22.8. The number of nitrogens with zero attached hydrogens (tertiary/aromatic N) is 4. The van der Waals surface area contributed by atoms with Crippen molar-refractivity contribution in [3.63, 3.8) is 0 Å². The summed E-state index contributed by atoms with van der Waals surface area (Å²) in [6.07, 6.45) is 6.26. The van der Waals surface area contributed by atoms with E-state index in [1.165, 1.54) is 11.8 Å². The van der Waals surface area contributed by atoms with E-state index >= 15 is 0 Å². The van der Waals surface area contributed by atoms with Crippen molar-refractivity contribution in [1.29, 1.82) is 0 Å². The predicted octanol–water partition coefficient (Wildman–Crippen LogP) is 3.62. The number of amides is 1. The van der Waals surface area contributed by atoms with Crippen molar-refractivity contribution < 1.29 is 9.53 Å². The molecule has 0 N–H and O–H groups in total. The van der Waals surface area contributed by atoms with E-state index in [0.717, 1.165) is 38.0 Å². The largest absolute Gasteiger partial charge is 0.376 e. The van der Waals surface area contributed by atoms with Gasteiger partial charge in [-0.1, -0.05) is 37.0 Å². The Labute approximate surface area is 197 Å². The zero-order valence-corrected chi connectivity index (χ0v) is 20.3. The second kappa shape index (κ2) is 9.72. The van der Waals surface area contributed by atoms with Gasteiger partial charge in [0.1, 0.15) is 15.8 Å². The topological polar surface area (TPSA) is 67.2 Å². The van der Waals surface area contributed by atoms with Crippen LogP contribution in [-0.2, 0) is 9.53 Å². The van der Waals surface area contributed by atoms with Crippen LogP contribution in [0, 0.1) is 6.92 Å². The molecule has 170 valence electrons. The molecule has 1 atom stereocenters. The molecule has 2 aliphatic heterocycles. The van der Waals surface area contributed by atoms with Gasteiger partial charge in [-0.3, -0.25) is 18.9 Å². The SMILES string of the molecule is CCCN(CC)c1nc2c(C)cccn2c(=O)c1/C=C1\SC(=S)N(C[C@@H]2CCCO2)C1=O. The third-order valence-electron chi connectivity index (χ3n) is 5.80. The summed E-state index contributed by atoms with van der Waals surface area (Å²) >= 11 is 6.72. The van der Waals surface area contributed by atoms with Crippen molar-refractivity contribution >= 4 is 51.7 Å². The van der Waals surface area contributed by atoms with Gasteiger partial charge in [0.25, 0.3) is 11.5 Å². The first-order chi connectivity index (χ1) is 15.4. The number of carbonyl (C=O) groups excluding carboxylic acids is 1. The number of aryl methyl sites for hydroxylation is 1. The lowest BCUT2D eigenvalue weighted by molar-refractivity contribution is -0.123. The second-order valence-electron chi connectivity index (χ2n) is 8.05. The van der Waals surface area contributed by atoms with Gasteiger partial charge in [-0.05, 0) is 50.8 Å². The van der Waals surface area contributed by atoms with Crippen LogP contribution in [0.1, 0.15) is 44.2 Å². The monoisotopic (exact) mass is 472 g/mol. The maximum atomic E-state index is 13.5. The molecule has 4 heterocycles. The maximum absolute atomic E-state index is 13.5. The zero-order valence-electron chi connectivity index (χ0n) is 18.7. The summed E-state index contributed by atoms with van der Waals surface area (Å²) in [4.78, 5) is 35.7. The van der Waals surface area contributed by atoms with Crippen LogP contribution in [0.2, 0.25) is 0 Å². The van der Waals surface area contributed by atoms with Crippen molar-refractivity contribution in [2.75, 3.05) is 31.1 Å². The number of thioether (sulfide) groups is 1. The number of hydrogen-bond donors (Lipinski definition) is 0. The minimum Gasteiger partial charge on any atom is -0.376 e. The Morgan fingerprint density at radius 1 is 1.38 bits per heavy atom. The van der Waals surface area contributed by atoms with Gasteiger partial charge in [0.15, 0.2) is 0 Å². The molecular weight excluding hydrogens is 444 g/mol. The summed E-state index contributed by atoms with van der Waals surface area (Å²) in [5, 5.41) is 0. The van der Waals surface area contributed by atoms with Gasteiger partial charge < -0.3 is 9.64 Å². The number of rotatable bonds is 7. The van der Waals surface area contributed by atoms with Crippen LogP contribution in [0.3, 0.4) is 0 Å². The average molecular weight is 473 g/mol. The highest BCUT2D eigenvalue weighted by Gasteiger charge is 2.35. The summed E-state index contributed by atoms with van der Waals surface area (Å²) in [6.45, 7) is 8.74. The van der Waals surface area contributed by atoms with Crippen LogP contribution in [0.25, 0.3) is 11.7 Å². The van der Waals surface area contributed by atoms with E-state index in [1.807, 2.05) is 26.0 Å². The minimum atomic E-state index is -0.187. The Morgan fingerprint density at radius 2 is 2.19 bits per heavy atom. The van der Waals surface area contributed by atoms with Crippen LogP contribution < -0.4 is 10.5 Å². The molecule has 0 saturated carbocycles. The highest BCUT2D eigenvalue weighted by molar-refractivity contribution is 8.26. The lowest BCUT2D eigenvalue weighted by Gasteiger charge is -2.23. The van der Waals surface area contributed by atoms with Crippen molar-refractivity contribution in [3.05, 3.63) is 44.7 Å². The van der Waals surface area contributed by atoms with E-state index in [1.54, 1.807) is 21.6 Å². The molecule has 0 bridgehead atoms. The van der Waals surface area contributed by atoms with Crippen LogP contribution in [0.5, 0.6) is 0 Å². The van der Waals surface area contributed by atoms with Crippen molar-refractivity contribution in [2.45, 2.75) is 46.1 Å². The lowest BCUT2D eigenvalue weighted by Crippen LogP contribution is -2.35. The number of carbonyl (C=O) groups is 1. The third kappa shape index (κ3) is 4.33. The minimum absolute atomic E-state index is 0.0171. The summed E-state index contributed by atoms with van der Waals surface area (Å²) in [5.41, 5.74) is 1.78. The van der Waals surface area contributed by atoms with E-state index in [4.69, 9.17) is 21.9 Å². The van der Waals surface area contributed by atoms with Crippen molar-refractivity contribution in [3.8, 4) is 0 Å². The van der Waals surface area contributed by atoms with Crippen molar-refractivity contribution in [2.24, 2.45) is 0 Å². The van der Waals surface area contributed by atoms with Crippen molar-refractivity contribution in [1.82, 2.24) is 14.3 Å². The average Bonchev–Trinajstić information content (AvgIpc) is 3.38. The molecular formula is C23H28N4O3S2. The molecule has 2 aliphatic rings. The van der Waals surface area contributed by atoms with Crippen LogP contribution in [-0.4, -0.2) is 56.9 Å². The Morgan fingerprint density at radius 3 is 2.88 bits per heavy atom. The molecule has 0 unspecified atom stereocenters. The molecule has 1 amide bonds. The number of anilines is 1. The van der Waals surface area contributed by atoms with Gasteiger partial charge in [0.05, 0.1) is 23.1 Å². The number of ether oxygens (including phenoxy) is 1. The first-order valence-electron chi connectivity index (χ1n) is 11.1. The highest BCUT2D eigenvalue weighted by Crippen LogP contribution is 2.34. The van der Waals surface area contributed by atoms with E-state index in [-0.39, 0.29) is 17.6 Å². The van der Waals surface area contributed by atoms with Gasteiger partial charge in [0, 0.05) is 25.9 Å². The second-order valence-corrected chi connectivity index (χ2v) is 9.72. The Kier molecular flexibility index (Phi) is 6.97. The molecule has 2 aromatic heterocycles. The lowest BCUT2D eigenvalue weighted by atomic mass is 10.2. The fourth-order valence-corrected chi connectivity index (χ4v) is 5.39. The van der Waals surface area contributed by atoms with Gasteiger partial charge in [0.2, 0.25) is 0 Å². The van der Waals surface area contributed by atoms with Gasteiger partial charge in [-0.2, -0.15) is 0 Å². The number of fused-ring (bicyclic) bond motifs is 1. The summed E-state index contributed by atoms with van der Waals surface area (Å²) in [6, 6.07) is 3.77. The molecule has 9 heteroatoms. The molecule has 2 aromatic rings. The fraction of sp³-hybridized carbons (Fsp3) is 0.478. The molecule has 0 aromatic carbocycles. The third-order valence-corrected chi connectivity index (χ3v) is 7.18. The normalized spacial score (nSPS) is 20.2. The van der Waals surface area contributed by atoms with Gasteiger partial charge in [-0.15, -0.1) is 0 Å². The Hall–Kier alpha value is -2.23. The molecule has 7 nitrogen and oxygen atoms in total. The van der Waals surface area contributed by atoms with E-state index < -0.39 is 0 Å². The van der Waals surface area contributed by atoms with E-state index in [0.29, 0.717) is 39.3 Å². The maximum Gasteiger partial charge on any atom is 0.267 e. The number of aromatic nitrogens is 2. The fourth-order valence-electron chi connectivity index (χ4n) is 4.13. The highest BCUT2D eigenvalue weighted by atomic mass is 32.2. The van der Waals surface area contributed by atoms with Crippen LogP contribution in [0.4, 0.5) is 5.82 Å².